The summed E-state index contributed by atoms with van der Waals surface area (Å²) in [5, 5.41) is 8.44. The number of ether oxygens (including phenoxy) is 1. The second-order valence-corrected chi connectivity index (χ2v) is 6.63. The molecule has 1 aliphatic rings. The quantitative estimate of drug-likeness (QED) is 0.575. The van der Waals surface area contributed by atoms with Crippen molar-refractivity contribution in [3.05, 3.63) is 29.0 Å². The summed E-state index contributed by atoms with van der Waals surface area (Å²) < 4.78 is 45.4. The van der Waals surface area contributed by atoms with E-state index in [0.717, 1.165) is 21.9 Å². The number of alkyl halides is 3. The largest absolute Gasteiger partial charge is 0.406 e. The number of rotatable bonds is 5. The number of pyridine rings is 1. The summed E-state index contributed by atoms with van der Waals surface area (Å²) in [5.74, 6) is 0.562. The molecular weight excluding hydrogens is 379 g/mol. The molecule has 11 heteroatoms. The molecule has 0 N–H and O–H groups in total. The lowest BCUT2D eigenvalue weighted by Crippen LogP contribution is -2.38. The van der Waals surface area contributed by atoms with Crippen molar-refractivity contribution in [3.63, 3.8) is 0 Å². The van der Waals surface area contributed by atoms with Gasteiger partial charge in [-0.3, -0.25) is 4.57 Å². The fourth-order valence-electron chi connectivity index (χ4n) is 2.37. The van der Waals surface area contributed by atoms with Gasteiger partial charge >= 0.3 is 6.18 Å². The zero-order valence-electron chi connectivity index (χ0n) is 13.0. The molecular formula is C14H15ClF3N5OS. The van der Waals surface area contributed by atoms with Gasteiger partial charge in [-0.2, -0.15) is 13.2 Å². The average molecular weight is 394 g/mol. The van der Waals surface area contributed by atoms with Crippen molar-refractivity contribution < 1.29 is 17.9 Å². The lowest BCUT2D eigenvalue weighted by Gasteiger charge is -2.28. The van der Waals surface area contributed by atoms with Gasteiger partial charge in [-0.15, -0.1) is 10.2 Å². The Morgan fingerprint density at radius 2 is 2.00 bits per heavy atom. The van der Waals surface area contributed by atoms with E-state index in [0.29, 0.717) is 37.2 Å². The third kappa shape index (κ3) is 4.77. The summed E-state index contributed by atoms with van der Waals surface area (Å²) in [6.07, 6.45) is -2.82. The van der Waals surface area contributed by atoms with Crippen LogP contribution in [0.25, 0.3) is 0 Å². The summed E-state index contributed by atoms with van der Waals surface area (Å²) in [7, 11) is 0. The Balaban J connectivity index is 1.82. The van der Waals surface area contributed by atoms with E-state index in [1.807, 2.05) is 0 Å². The van der Waals surface area contributed by atoms with Crippen LogP contribution in [-0.2, 0) is 17.0 Å². The molecule has 136 valence electrons. The Bertz CT molecular complexity index is 721. The second kappa shape index (κ2) is 7.79. The summed E-state index contributed by atoms with van der Waals surface area (Å²) in [6, 6.07) is 3.50. The van der Waals surface area contributed by atoms with Crippen LogP contribution in [0.3, 0.4) is 0 Å². The van der Waals surface area contributed by atoms with Crippen molar-refractivity contribution in [2.24, 2.45) is 0 Å². The Morgan fingerprint density at radius 1 is 1.24 bits per heavy atom. The standard InChI is InChI=1S/C14H15ClF3N5OS/c15-11-10(2-1-3-19-11)8-25-13-21-20-12(22-4-6-24-7-5-22)23(13)9-14(16,17)18/h1-3H,4-9H2. The van der Waals surface area contributed by atoms with E-state index in [-0.39, 0.29) is 11.1 Å². The molecule has 0 amide bonds. The number of hydrogen-bond donors (Lipinski definition) is 0. The van der Waals surface area contributed by atoms with Crippen molar-refractivity contribution >= 4 is 29.3 Å². The van der Waals surface area contributed by atoms with Crippen LogP contribution in [-0.4, -0.2) is 52.2 Å². The smallest absolute Gasteiger partial charge is 0.378 e. The second-order valence-electron chi connectivity index (χ2n) is 5.33. The number of nitrogens with zero attached hydrogens (tertiary/aromatic N) is 5. The minimum atomic E-state index is -4.37. The Hall–Kier alpha value is -1.52. The molecule has 1 aliphatic heterocycles. The van der Waals surface area contributed by atoms with Gasteiger partial charge in [0.2, 0.25) is 5.95 Å². The normalized spacial score (nSPS) is 15.6. The minimum absolute atomic E-state index is 0.193. The van der Waals surface area contributed by atoms with Crippen LogP contribution in [0.5, 0.6) is 0 Å². The molecule has 0 aliphatic carbocycles. The topological polar surface area (TPSA) is 56.1 Å². The van der Waals surface area contributed by atoms with Crippen molar-refractivity contribution in [3.8, 4) is 0 Å². The first-order valence-corrected chi connectivity index (χ1v) is 8.85. The number of morpholine rings is 1. The van der Waals surface area contributed by atoms with E-state index in [1.54, 1.807) is 23.2 Å². The molecule has 0 unspecified atom stereocenters. The molecule has 0 bridgehead atoms. The first-order chi connectivity index (χ1) is 11.9. The van der Waals surface area contributed by atoms with Crippen molar-refractivity contribution in [1.29, 1.82) is 0 Å². The highest BCUT2D eigenvalue weighted by molar-refractivity contribution is 7.98. The molecule has 0 aromatic carbocycles. The van der Waals surface area contributed by atoms with Crippen LogP contribution < -0.4 is 4.90 Å². The van der Waals surface area contributed by atoms with E-state index in [1.165, 1.54) is 0 Å². The molecule has 25 heavy (non-hydrogen) atoms. The third-order valence-electron chi connectivity index (χ3n) is 3.52. The van der Waals surface area contributed by atoms with Crippen molar-refractivity contribution in [2.75, 3.05) is 31.2 Å². The predicted octanol–water partition coefficient (Wildman–Crippen LogP) is 3.02. The molecule has 0 atom stereocenters. The molecule has 0 saturated carbocycles. The molecule has 1 saturated heterocycles. The molecule has 0 spiro atoms. The molecule has 0 radical (unpaired) electrons. The monoisotopic (exact) mass is 393 g/mol. The molecule has 2 aromatic rings. The SMILES string of the molecule is FC(F)(F)Cn1c(SCc2cccnc2Cl)nnc1N1CCOCC1. The third-order valence-corrected chi connectivity index (χ3v) is 4.88. The van der Waals surface area contributed by atoms with Crippen LogP contribution in [0.1, 0.15) is 5.56 Å². The number of anilines is 1. The van der Waals surface area contributed by atoms with Crippen LogP contribution in [0.4, 0.5) is 19.1 Å². The summed E-state index contributed by atoms with van der Waals surface area (Å²) >= 11 is 7.14. The van der Waals surface area contributed by atoms with Gasteiger partial charge in [-0.1, -0.05) is 29.4 Å². The van der Waals surface area contributed by atoms with Gasteiger partial charge in [0.1, 0.15) is 11.7 Å². The lowest BCUT2D eigenvalue weighted by atomic mass is 10.3. The lowest BCUT2D eigenvalue weighted by molar-refractivity contribution is -0.141. The van der Waals surface area contributed by atoms with Gasteiger partial charge in [0, 0.05) is 25.0 Å². The Labute approximate surface area is 151 Å². The van der Waals surface area contributed by atoms with E-state index < -0.39 is 12.7 Å². The fraction of sp³-hybridized carbons (Fsp3) is 0.500. The maximum absolute atomic E-state index is 13.0. The van der Waals surface area contributed by atoms with Gasteiger partial charge in [0.15, 0.2) is 5.16 Å². The number of aromatic nitrogens is 4. The highest BCUT2D eigenvalue weighted by Crippen LogP contribution is 2.30. The van der Waals surface area contributed by atoms with Crippen molar-refractivity contribution in [2.45, 2.75) is 23.6 Å². The highest BCUT2D eigenvalue weighted by atomic mass is 35.5. The van der Waals surface area contributed by atoms with E-state index >= 15 is 0 Å². The van der Waals surface area contributed by atoms with Gasteiger partial charge in [0.05, 0.1) is 13.2 Å². The van der Waals surface area contributed by atoms with Crippen LogP contribution in [0.15, 0.2) is 23.5 Å². The number of hydrogen-bond acceptors (Lipinski definition) is 6. The molecule has 3 heterocycles. The first-order valence-electron chi connectivity index (χ1n) is 7.49. The first kappa shape index (κ1) is 18.3. The van der Waals surface area contributed by atoms with Gasteiger partial charge in [-0.25, -0.2) is 4.98 Å². The Kier molecular flexibility index (Phi) is 5.70. The van der Waals surface area contributed by atoms with E-state index in [2.05, 4.69) is 15.2 Å². The molecule has 3 rings (SSSR count). The minimum Gasteiger partial charge on any atom is -0.378 e. The van der Waals surface area contributed by atoms with E-state index in [9.17, 15) is 13.2 Å². The van der Waals surface area contributed by atoms with Gasteiger partial charge in [0.25, 0.3) is 0 Å². The number of halogens is 4. The van der Waals surface area contributed by atoms with Crippen molar-refractivity contribution in [1.82, 2.24) is 19.7 Å². The molecule has 1 fully saturated rings. The zero-order chi connectivity index (χ0) is 17.9. The number of thioether (sulfide) groups is 1. The zero-order valence-corrected chi connectivity index (χ0v) is 14.6. The van der Waals surface area contributed by atoms with Crippen LogP contribution >= 0.6 is 23.4 Å². The average Bonchev–Trinajstić information content (AvgIpc) is 2.96. The highest BCUT2D eigenvalue weighted by Gasteiger charge is 2.32. The molecule has 2 aromatic heterocycles. The Morgan fingerprint density at radius 3 is 2.68 bits per heavy atom. The summed E-state index contributed by atoms with van der Waals surface area (Å²) in [4.78, 5) is 5.71. The maximum atomic E-state index is 13.0. The van der Waals surface area contributed by atoms with Gasteiger partial charge in [-0.05, 0) is 11.6 Å². The van der Waals surface area contributed by atoms with E-state index in [4.69, 9.17) is 16.3 Å². The summed E-state index contributed by atoms with van der Waals surface area (Å²) in [5.41, 5.74) is 0.726. The van der Waals surface area contributed by atoms with Gasteiger partial charge < -0.3 is 9.64 Å². The predicted molar refractivity (Wildman–Crippen MR) is 87.9 cm³/mol. The van der Waals surface area contributed by atoms with Crippen LogP contribution in [0, 0.1) is 0 Å². The summed E-state index contributed by atoms with van der Waals surface area (Å²) in [6.45, 7) is 0.721. The molecule has 6 nitrogen and oxygen atoms in total. The fourth-order valence-corrected chi connectivity index (χ4v) is 3.56. The maximum Gasteiger partial charge on any atom is 0.406 e. The van der Waals surface area contributed by atoms with Crippen LogP contribution in [0.2, 0.25) is 5.15 Å².